The Labute approximate surface area is 122 Å². The van der Waals surface area contributed by atoms with Gasteiger partial charge >= 0.3 is 5.97 Å². The van der Waals surface area contributed by atoms with Gasteiger partial charge in [0.05, 0.1) is 16.3 Å². The minimum Gasteiger partial charge on any atom is -0.478 e. The monoisotopic (exact) mass is 287 g/mol. The van der Waals surface area contributed by atoms with Crippen LogP contribution < -0.4 is 4.90 Å². The van der Waals surface area contributed by atoms with Gasteiger partial charge in [-0.2, -0.15) is 0 Å². The molecule has 0 spiro atoms. The van der Waals surface area contributed by atoms with Crippen molar-refractivity contribution in [1.82, 2.24) is 0 Å². The average Bonchev–Trinajstić information content (AvgIpc) is 2.40. The zero-order chi connectivity index (χ0) is 14.1. The van der Waals surface area contributed by atoms with Crippen LogP contribution in [-0.2, 0) is 0 Å². The van der Waals surface area contributed by atoms with Crippen molar-refractivity contribution in [2.24, 2.45) is 0 Å². The first-order valence-corrected chi connectivity index (χ1v) is 6.85. The van der Waals surface area contributed by atoms with E-state index in [1.54, 1.807) is 12.1 Å². The minimum absolute atomic E-state index is 0.271. The van der Waals surface area contributed by atoms with Crippen LogP contribution in [0.15, 0.2) is 48.5 Å². The Balaban J connectivity index is 1.77. The molecule has 1 saturated heterocycles. The molecular weight excluding hydrogens is 274 g/mol. The lowest BCUT2D eigenvalue weighted by Gasteiger charge is -2.42. The molecule has 20 heavy (non-hydrogen) atoms. The zero-order valence-corrected chi connectivity index (χ0v) is 11.5. The van der Waals surface area contributed by atoms with Crippen LogP contribution in [-0.4, -0.2) is 24.2 Å². The highest BCUT2D eigenvalue weighted by atomic mass is 35.5. The van der Waals surface area contributed by atoms with Gasteiger partial charge in [0, 0.05) is 19.0 Å². The van der Waals surface area contributed by atoms with Crippen molar-refractivity contribution in [3.8, 4) is 0 Å². The van der Waals surface area contributed by atoms with E-state index in [4.69, 9.17) is 16.7 Å². The highest BCUT2D eigenvalue weighted by Crippen LogP contribution is 2.36. The molecule has 0 bridgehead atoms. The number of hydrogen-bond donors (Lipinski definition) is 1. The predicted octanol–water partition coefficient (Wildman–Crippen LogP) is 3.64. The van der Waals surface area contributed by atoms with Gasteiger partial charge in [0.25, 0.3) is 0 Å². The van der Waals surface area contributed by atoms with E-state index in [0.717, 1.165) is 18.8 Å². The van der Waals surface area contributed by atoms with Crippen molar-refractivity contribution < 1.29 is 9.90 Å². The lowest BCUT2D eigenvalue weighted by molar-refractivity contribution is 0.0697. The Morgan fingerprint density at radius 3 is 2.50 bits per heavy atom. The van der Waals surface area contributed by atoms with E-state index in [2.05, 4.69) is 17.0 Å². The van der Waals surface area contributed by atoms with E-state index in [0.29, 0.717) is 10.9 Å². The molecule has 0 unspecified atom stereocenters. The minimum atomic E-state index is -0.928. The molecular formula is C16H14ClNO2. The van der Waals surface area contributed by atoms with E-state index < -0.39 is 5.97 Å². The summed E-state index contributed by atoms with van der Waals surface area (Å²) in [6.45, 7) is 1.74. The molecule has 3 rings (SSSR count). The number of carboxylic acid groups (broad SMARTS) is 1. The molecule has 2 aromatic rings. The average molecular weight is 288 g/mol. The highest BCUT2D eigenvalue weighted by Gasteiger charge is 2.29. The van der Waals surface area contributed by atoms with Crippen LogP contribution in [0.3, 0.4) is 0 Å². The fourth-order valence-electron chi connectivity index (χ4n) is 2.50. The summed E-state index contributed by atoms with van der Waals surface area (Å²) in [6, 6.07) is 15.2. The van der Waals surface area contributed by atoms with Crippen molar-refractivity contribution in [3.05, 3.63) is 64.7 Å². The first-order valence-electron chi connectivity index (χ1n) is 6.48. The molecule has 0 amide bonds. The summed E-state index contributed by atoms with van der Waals surface area (Å²) in [5.41, 5.74) is 2.39. The van der Waals surface area contributed by atoms with Gasteiger partial charge in [-0.1, -0.05) is 41.9 Å². The Bertz CT molecular complexity index is 636. The number of halogens is 1. The van der Waals surface area contributed by atoms with Gasteiger partial charge < -0.3 is 10.0 Å². The molecule has 4 heteroatoms. The molecule has 0 saturated carbocycles. The van der Waals surface area contributed by atoms with Gasteiger partial charge in [-0.05, 0) is 23.8 Å². The van der Waals surface area contributed by atoms with E-state index in [1.165, 1.54) is 11.6 Å². The van der Waals surface area contributed by atoms with E-state index >= 15 is 0 Å². The normalized spacial score (nSPS) is 14.9. The third-order valence-corrected chi connectivity index (χ3v) is 4.01. The third kappa shape index (κ3) is 2.37. The lowest BCUT2D eigenvalue weighted by atomic mass is 9.91. The smallest absolute Gasteiger partial charge is 0.335 e. The Hall–Kier alpha value is -2.00. The number of carbonyl (C=O) groups is 1. The largest absolute Gasteiger partial charge is 0.478 e. The van der Waals surface area contributed by atoms with E-state index in [-0.39, 0.29) is 5.56 Å². The van der Waals surface area contributed by atoms with Crippen LogP contribution in [0.1, 0.15) is 21.8 Å². The molecule has 0 aromatic heterocycles. The second kappa shape index (κ2) is 5.17. The van der Waals surface area contributed by atoms with Gasteiger partial charge in [0.15, 0.2) is 0 Å². The van der Waals surface area contributed by atoms with Crippen LogP contribution in [0, 0.1) is 0 Å². The molecule has 1 aliphatic rings. The number of nitrogens with zero attached hydrogens (tertiary/aromatic N) is 1. The number of benzene rings is 2. The summed E-state index contributed by atoms with van der Waals surface area (Å²) in [7, 11) is 0. The Kier molecular flexibility index (Phi) is 3.36. The molecule has 2 aromatic carbocycles. The van der Waals surface area contributed by atoms with Gasteiger partial charge in [-0.15, -0.1) is 0 Å². The van der Waals surface area contributed by atoms with Gasteiger partial charge in [0.2, 0.25) is 0 Å². The maximum absolute atomic E-state index is 11.0. The second-order valence-electron chi connectivity index (χ2n) is 4.98. The van der Waals surface area contributed by atoms with E-state index in [1.807, 2.05) is 18.2 Å². The molecule has 0 atom stereocenters. The first-order chi connectivity index (χ1) is 9.65. The fraction of sp³-hybridized carbons (Fsp3) is 0.188. The molecule has 1 aliphatic heterocycles. The van der Waals surface area contributed by atoms with Crippen molar-refractivity contribution in [1.29, 1.82) is 0 Å². The number of aromatic carboxylic acids is 1. The molecule has 0 radical (unpaired) electrons. The molecule has 1 fully saturated rings. The quantitative estimate of drug-likeness (QED) is 0.937. The lowest BCUT2D eigenvalue weighted by Crippen LogP contribution is -2.45. The van der Waals surface area contributed by atoms with Gasteiger partial charge in [0.1, 0.15) is 0 Å². The summed E-state index contributed by atoms with van der Waals surface area (Å²) in [5, 5.41) is 9.64. The van der Waals surface area contributed by atoms with Gasteiger partial charge in [-0.3, -0.25) is 0 Å². The van der Waals surface area contributed by atoms with Crippen molar-refractivity contribution in [2.75, 3.05) is 18.0 Å². The molecule has 1 heterocycles. The van der Waals surface area contributed by atoms with Gasteiger partial charge in [-0.25, -0.2) is 4.79 Å². The summed E-state index contributed by atoms with van der Waals surface area (Å²) in [4.78, 5) is 13.1. The first kappa shape index (κ1) is 13.0. The van der Waals surface area contributed by atoms with Crippen LogP contribution in [0.4, 0.5) is 5.69 Å². The standard InChI is InChI=1S/C16H14ClNO2/c17-14-7-6-12(16(19)20)8-15(14)18-9-13(10-18)11-4-2-1-3-5-11/h1-8,13H,9-10H2,(H,19,20). The molecule has 1 N–H and O–H groups in total. The van der Waals surface area contributed by atoms with Crippen LogP contribution in [0.2, 0.25) is 5.02 Å². The maximum atomic E-state index is 11.0. The highest BCUT2D eigenvalue weighted by molar-refractivity contribution is 6.33. The number of anilines is 1. The second-order valence-corrected chi connectivity index (χ2v) is 5.39. The topological polar surface area (TPSA) is 40.5 Å². The summed E-state index contributed by atoms with van der Waals surface area (Å²) >= 11 is 6.17. The van der Waals surface area contributed by atoms with Crippen LogP contribution in [0.25, 0.3) is 0 Å². The predicted molar refractivity (Wildman–Crippen MR) is 79.8 cm³/mol. The summed E-state index contributed by atoms with van der Waals surface area (Å²) in [6.07, 6.45) is 0. The molecule has 3 nitrogen and oxygen atoms in total. The molecule has 102 valence electrons. The third-order valence-electron chi connectivity index (χ3n) is 3.69. The van der Waals surface area contributed by atoms with Crippen LogP contribution >= 0.6 is 11.6 Å². The fourth-order valence-corrected chi connectivity index (χ4v) is 2.74. The van der Waals surface area contributed by atoms with Crippen molar-refractivity contribution in [3.63, 3.8) is 0 Å². The SMILES string of the molecule is O=C(O)c1ccc(Cl)c(N2CC(c3ccccc3)C2)c1. The summed E-state index contributed by atoms with van der Waals surface area (Å²) in [5.74, 6) is -0.441. The van der Waals surface area contributed by atoms with Crippen molar-refractivity contribution in [2.45, 2.75) is 5.92 Å². The van der Waals surface area contributed by atoms with Crippen LogP contribution in [0.5, 0.6) is 0 Å². The van der Waals surface area contributed by atoms with E-state index in [9.17, 15) is 4.79 Å². The Morgan fingerprint density at radius 1 is 1.15 bits per heavy atom. The summed E-state index contributed by atoms with van der Waals surface area (Å²) < 4.78 is 0. The number of rotatable bonds is 3. The zero-order valence-electron chi connectivity index (χ0n) is 10.8. The Morgan fingerprint density at radius 2 is 1.85 bits per heavy atom. The number of hydrogen-bond acceptors (Lipinski definition) is 2. The molecule has 0 aliphatic carbocycles. The maximum Gasteiger partial charge on any atom is 0.335 e. The van der Waals surface area contributed by atoms with Crippen molar-refractivity contribution >= 4 is 23.3 Å². The number of carboxylic acids is 1.